The summed E-state index contributed by atoms with van der Waals surface area (Å²) in [7, 11) is 0. The molecule has 2 N–H and O–H groups in total. The summed E-state index contributed by atoms with van der Waals surface area (Å²) in [4.78, 5) is 3.04. The lowest BCUT2D eigenvalue weighted by Crippen LogP contribution is -2.34. The molecule has 0 aliphatic carbocycles. The first-order valence-electron chi connectivity index (χ1n) is 6.80. The maximum atomic E-state index is 5.68. The van der Waals surface area contributed by atoms with Crippen molar-refractivity contribution < 1.29 is 0 Å². The molecule has 1 saturated heterocycles. The SMILES string of the molecule is CCC1CCCN(Cc2cccc(C(N)=S)c2)C1. The molecular weight excluding hydrogens is 240 g/mol. The van der Waals surface area contributed by atoms with Crippen molar-refractivity contribution in [3.05, 3.63) is 35.4 Å². The summed E-state index contributed by atoms with van der Waals surface area (Å²) < 4.78 is 0. The number of piperidine rings is 1. The van der Waals surface area contributed by atoms with Crippen LogP contribution in [0.3, 0.4) is 0 Å². The molecule has 0 spiro atoms. The first kappa shape index (κ1) is 13.5. The summed E-state index contributed by atoms with van der Waals surface area (Å²) in [6, 6.07) is 8.32. The minimum absolute atomic E-state index is 0.488. The molecule has 18 heavy (non-hydrogen) atoms. The van der Waals surface area contributed by atoms with E-state index in [1.54, 1.807) is 0 Å². The second-order valence-corrected chi connectivity index (χ2v) is 5.66. The summed E-state index contributed by atoms with van der Waals surface area (Å²) in [6.45, 7) is 5.76. The van der Waals surface area contributed by atoms with Gasteiger partial charge in [0.2, 0.25) is 0 Å². The summed E-state index contributed by atoms with van der Waals surface area (Å²) in [6.07, 6.45) is 4.01. The number of rotatable bonds is 4. The highest BCUT2D eigenvalue weighted by Gasteiger charge is 2.18. The minimum atomic E-state index is 0.488. The van der Waals surface area contributed by atoms with Crippen molar-refractivity contribution in [2.45, 2.75) is 32.7 Å². The Morgan fingerprint density at radius 2 is 2.33 bits per heavy atom. The Morgan fingerprint density at radius 1 is 1.50 bits per heavy atom. The zero-order valence-corrected chi connectivity index (χ0v) is 11.9. The largest absolute Gasteiger partial charge is 0.389 e. The van der Waals surface area contributed by atoms with Gasteiger partial charge in [-0.15, -0.1) is 0 Å². The topological polar surface area (TPSA) is 29.3 Å². The van der Waals surface area contributed by atoms with Crippen molar-refractivity contribution in [3.8, 4) is 0 Å². The molecule has 1 aliphatic rings. The van der Waals surface area contributed by atoms with Crippen molar-refractivity contribution in [1.29, 1.82) is 0 Å². The molecule has 1 unspecified atom stereocenters. The van der Waals surface area contributed by atoms with Crippen LogP contribution in [-0.2, 0) is 6.54 Å². The summed E-state index contributed by atoms with van der Waals surface area (Å²) >= 11 is 5.03. The van der Waals surface area contributed by atoms with Crippen LogP contribution < -0.4 is 5.73 Å². The summed E-state index contributed by atoms with van der Waals surface area (Å²) in [5.41, 5.74) is 7.97. The van der Waals surface area contributed by atoms with Crippen LogP contribution in [-0.4, -0.2) is 23.0 Å². The number of hydrogen-bond donors (Lipinski definition) is 1. The van der Waals surface area contributed by atoms with E-state index in [9.17, 15) is 0 Å². The molecule has 0 aromatic heterocycles. The van der Waals surface area contributed by atoms with E-state index in [1.807, 2.05) is 12.1 Å². The molecule has 3 heteroatoms. The van der Waals surface area contributed by atoms with Gasteiger partial charge >= 0.3 is 0 Å². The molecular formula is C15H22N2S. The Labute approximate surface area is 115 Å². The van der Waals surface area contributed by atoms with Gasteiger partial charge in [-0.1, -0.05) is 43.8 Å². The molecule has 1 atom stereocenters. The molecule has 0 saturated carbocycles. The lowest BCUT2D eigenvalue weighted by atomic mass is 9.95. The maximum absolute atomic E-state index is 5.68. The third-order valence-corrected chi connectivity index (χ3v) is 4.03. The minimum Gasteiger partial charge on any atom is -0.389 e. The van der Waals surface area contributed by atoms with E-state index in [0.717, 1.165) is 18.0 Å². The van der Waals surface area contributed by atoms with Crippen LogP contribution in [0.25, 0.3) is 0 Å². The first-order chi connectivity index (χ1) is 8.69. The van der Waals surface area contributed by atoms with Crippen LogP contribution >= 0.6 is 12.2 Å². The molecule has 98 valence electrons. The Kier molecular flexibility index (Phi) is 4.72. The fraction of sp³-hybridized carbons (Fsp3) is 0.533. The predicted octanol–water partition coefficient (Wildman–Crippen LogP) is 2.94. The highest BCUT2D eigenvalue weighted by Crippen LogP contribution is 2.21. The van der Waals surface area contributed by atoms with Crippen LogP contribution in [0.5, 0.6) is 0 Å². The molecule has 1 aromatic rings. The smallest absolute Gasteiger partial charge is 0.103 e. The van der Waals surface area contributed by atoms with Gasteiger partial charge in [0, 0.05) is 18.7 Å². The fourth-order valence-corrected chi connectivity index (χ4v) is 2.84. The van der Waals surface area contributed by atoms with Gasteiger partial charge in [0.1, 0.15) is 4.99 Å². The lowest BCUT2D eigenvalue weighted by Gasteiger charge is -2.32. The molecule has 0 radical (unpaired) electrons. The van der Waals surface area contributed by atoms with Gasteiger partial charge in [-0.25, -0.2) is 0 Å². The van der Waals surface area contributed by atoms with Crippen molar-refractivity contribution in [3.63, 3.8) is 0 Å². The number of nitrogens with zero attached hydrogens (tertiary/aromatic N) is 1. The van der Waals surface area contributed by atoms with Gasteiger partial charge < -0.3 is 5.73 Å². The van der Waals surface area contributed by atoms with E-state index in [4.69, 9.17) is 18.0 Å². The standard InChI is InChI=1S/C15H22N2S/c1-2-12-6-4-8-17(10-12)11-13-5-3-7-14(9-13)15(16)18/h3,5,7,9,12H,2,4,6,8,10-11H2,1H3,(H2,16,18). The predicted molar refractivity (Wildman–Crippen MR) is 80.6 cm³/mol. The summed E-state index contributed by atoms with van der Waals surface area (Å²) in [5.74, 6) is 0.873. The average molecular weight is 262 g/mol. The van der Waals surface area contributed by atoms with Crippen molar-refractivity contribution in [2.75, 3.05) is 13.1 Å². The van der Waals surface area contributed by atoms with Crippen molar-refractivity contribution in [1.82, 2.24) is 4.90 Å². The monoisotopic (exact) mass is 262 g/mol. The molecule has 1 aliphatic heterocycles. The van der Waals surface area contributed by atoms with E-state index >= 15 is 0 Å². The zero-order valence-electron chi connectivity index (χ0n) is 11.1. The lowest BCUT2D eigenvalue weighted by molar-refractivity contribution is 0.165. The molecule has 2 nitrogen and oxygen atoms in total. The zero-order chi connectivity index (χ0) is 13.0. The maximum Gasteiger partial charge on any atom is 0.103 e. The normalized spacial score (nSPS) is 20.8. The highest BCUT2D eigenvalue weighted by molar-refractivity contribution is 7.80. The van der Waals surface area contributed by atoms with E-state index in [0.29, 0.717) is 4.99 Å². The van der Waals surface area contributed by atoms with Crippen molar-refractivity contribution >= 4 is 17.2 Å². The summed E-state index contributed by atoms with van der Waals surface area (Å²) in [5, 5.41) is 0. The molecule has 1 fully saturated rings. The fourth-order valence-electron chi connectivity index (χ4n) is 2.71. The van der Waals surface area contributed by atoms with E-state index in [1.165, 1.54) is 37.9 Å². The number of nitrogens with two attached hydrogens (primary N) is 1. The second kappa shape index (κ2) is 6.30. The molecule has 1 aromatic carbocycles. The Hall–Kier alpha value is -0.930. The molecule has 0 bridgehead atoms. The Morgan fingerprint density at radius 3 is 3.06 bits per heavy atom. The van der Waals surface area contributed by atoms with Gasteiger partial charge in [-0.2, -0.15) is 0 Å². The molecule has 0 amide bonds. The number of benzene rings is 1. The first-order valence-corrected chi connectivity index (χ1v) is 7.21. The van der Waals surface area contributed by atoms with E-state index in [2.05, 4.69) is 24.0 Å². The van der Waals surface area contributed by atoms with Crippen LogP contribution in [0, 0.1) is 5.92 Å². The third-order valence-electron chi connectivity index (χ3n) is 3.80. The van der Waals surface area contributed by atoms with Gasteiger partial charge in [-0.3, -0.25) is 4.90 Å². The number of thiocarbonyl (C=S) groups is 1. The van der Waals surface area contributed by atoms with Crippen molar-refractivity contribution in [2.24, 2.45) is 11.7 Å². The quantitative estimate of drug-likeness (QED) is 0.846. The van der Waals surface area contributed by atoms with Gasteiger partial charge in [-0.05, 0) is 36.9 Å². The van der Waals surface area contributed by atoms with Gasteiger partial charge in [0.25, 0.3) is 0 Å². The van der Waals surface area contributed by atoms with Crippen LogP contribution in [0.15, 0.2) is 24.3 Å². The second-order valence-electron chi connectivity index (χ2n) is 5.22. The Balaban J connectivity index is 2.00. The average Bonchev–Trinajstić information content (AvgIpc) is 2.39. The van der Waals surface area contributed by atoms with Crippen LogP contribution in [0.4, 0.5) is 0 Å². The van der Waals surface area contributed by atoms with E-state index in [-0.39, 0.29) is 0 Å². The number of hydrogen-bond acceptors (Lipinski definition) is 2. The van der Waals surface area contributed by atoms with Crippen LogP contribution in [0.2, 0.25) is 0 Å². The molecule has 2 rings (SSSR count). The van der Waals surface area contributed by atoms with E-state index < -0.39 is 0 Å². The van der Waals surface area contributed by atoms with Crippen LogP contribution in [0.1, 0.15) is 37.3 Å². The third kappa shape index (κ3) is 3.53. The van der Waals surface area contributed by atoms with Gasteiger partial charge in [0.05, 0.1) is 0 Å². The molecule has 1 heterocycles. The Bertz CT molecular complexity index is 417. The van der Waals surface area contributed by atoms with Gasteiger partial charge in [0.15, 0.2) is 0 Å². The highest BCUT2D eigenvalue weighted by atomic mass is 32.1. The number of likely N-dealkylation sites (tertiary alicyclic amines) is 1.